The minimum atomic E-state index is -3.28. The summed E-state index contributed by atoms with van der Waals surface area (Å²) < 4.78 is 29.8. The summed E-state index contributed by atoms with van der Waals surface area (Å²) in [6.45, 7) is 3.42. The van der Waals surface area contributed by atoms with Gasteiger partial charge in [-0.05, 0) is 12.8 Å². The minimum absolute atomic E-state index is 0.232. The first-order valence-corrected chi connectivity index (χ1v) is 6.93. The molecule has 0 aliphatic rings. The molecule has 2 N–H and O–H groups in total. The second kappa shape index (κ2) is 9.08. The third kappa shape index (κ3) is 10.1. The quantitative estimate of drug-likeness (QED) is 0.530. The molecule has 0 fully saturated rings. The van der Waals surface area contributed by atoms with E-state index in [1.807, 2.05) is 0 Å². The molecule has 0 aromatic heterocycles. The van der Waals surface area contributed by atoms with E-state index in [1.54, 1.807) is 0 Å². The first-order valence-electron chi connectivity index (χ1n) is 5.28. The van der Waals surface area contributed by atoms with Crippen LogP contribution in [-0.4, -0.2) is 45.6 Å². The maximum absolute atomic E-state index is 11.1. The zero-order chi connectivity index (χ0) is 11.6. The van der Waals surface area contributed by atoms with E-state index in [0.717, 1.165) is 19.4 Å². The SMILES string of the molecule is CCCCOCCCNS(=O)(=O)CCO. The average Bonchev–Trinajstić information content (AvgIpc) is 2.16. The molecule has 6 heteroatoms. The number of aliphatic hydroxyl groups is 1. The summed E-state index contributed by atoms with van der Waals surface area (Å²) >= 11 is 0. The van der Waals surface area contributed by atoms with Gasteiger partial charge in [-0.3, -0.25) is 0 Å². The third-order valence-electron chi connectivity index (χ3n) is 1.79. The Bertz CT molecular complexity index is 228. The van der Waals surface area contributed by atoms with Crippen LogP contribution in [-0.2, 0) is 14.8 Å². The van der Waals surface area contributed by atoms with Gasteiger partial charge in [-0.15, -0.1) is 0 Å². The minimum Gasteiger partial charge on any atom is -0.395 e. The Balaban J connectivity index is 3.31. The summed E-state index contributed by atoms with van der Waals surface area (Å²) in [5.41, 5.74) is 0. The summed E-state index contributed by atoms with van der Waals surface area (Å²) in [6, 6.07) is 0. The van der Waals surface area contributed by atoms with E-state index in [2.05, 4.69) is 11.6 Å². The number of hydrogen-bond donors (Lipinski definition) is 2. The van der Waals surface area contributed by atoms with Crippen molar-refractivity contribution in [1.82, 2.24) is 4.72 Å². The largest absolute Gasteiger partial charge is 0.395 e. The fourth-order valence-corrected chi connectivity index (χ4v) is 1.78. The molecular weight excluding hydrogens is 218 g/mol. The Morgan fingerprint density at radius 2 is 1.93 bits per heavy atom. The lowest BCUT2D eigenvalue weighted by Gasteiger charge is -2.05. The van der Waals surface area contributed by atoms with Crippen LogP contribution in [0.1, 0.15) is 26.2 Å². The summed E-state index contributed by atoms with van der Waals surface area (Å²) in [4.78, 5) is 0. The number of aliphatic hydroxyl groups excluding tert-OH is 1. The molecule has 0 saturated carbocycles. The van der Waals surface area contributed by atoms with E-state index in [4.69, 9.17) is 9.84 Å². The summed E-state index contributed by atoms with van der Waals surface area (Å²) in [6.07, 6.45) is 2.80. The van der Waals surface area contributed by atoms with Gasteiger partial charge >= 0.3 is 0 Å². The highest BCUT2D eigenvalue weighted by molar-refractivity contribution is 7.89. The lowest BCUT2D eigenvalue weighted by molar-refractivity contribution is 0.130. The molecule has 0 atom stereocenters. The van der Waals surface area contributed by atoms with Gasteiger partial charge in [0.2, 0.25) is 10.0 Å². The van der Waals surface area contributed by atoms with Gasteiger partial charge in [0.05, 0.1) is 12.4 Å². The van der Waals surface area contributed by atoms with Gasteiger partial charge in [0.25, 0.3) is 0 Å². The van der Waals surface area contributed by atoms with Gasteiger partial charge in [-0.1, -0.05) is 13.3 Å². The molecule has 0 radical (unpaired) electrons. The molecule has 0 bridgehead atoms. The molecule has 0 rings (SSSR count). The van der Waals surface area contributed by atoms with E-state index < -0.39 is 10.0 Å². The van der Waals surface area contributed by atoms with Crippen LogP contribution in [0.4, 0.5) is 0 Å². The molecule has 5 nitrogen and oxygen atoms in total. The predicted octanol–water partition coefficient (Wildman–Crippen LogP) is 0.105. The van der Waals surface area contributed by atoms with E-state index in [0.29, 0.717) is 19.6 Å². The second-order valence-corrected chi connectivity index (χ2v) is 5.18. The fourth-order valence-electron chi connectivity index (χ4n) is 0.943. The van der Waals surface area contributed by atoms with Crippen LogP contribution in [0.3, 0.4) is 0 Å². The zero-order valence-corrected chi connectivity index (χ0v) is 10.1. The van der Waals surface area contributed by atoms with Crippen molar-refractivity contribution >= 4 is 10.0 Å². The second-order valence-electron chi connectivity index (χ2n) is 3.26. The van der Waals surface area contributed by atoms with Crippen molar-refractivity contribution in [3.8, 4) is 0 Å². The zero-order valence-electron chi connectivity index (χ0n) is 9.24. The molecular formula is C9H21NO4S. The van der Waals surface area contributed by atoms with Crippen LogP contribution in [0.2, 0.25) is 0 Å². The maximum Gasteiger partial charge on any atom is 0.213 e. The number of rotatable bonds is 10. The standard InChI is InChI=1S/C9H21NO4S/c1-2-3-7-14-8-4-5-10-15(12,13)9-6-11/h10-11H,2-9H2,1H3. The van der Waals surface area contributed by atoms with E-state index in [1.165, 1.54) is 0 Å². The van der Waals surface area contributed by atoms with Gasteiger partial charge in [-0.25, -0.2) is 13.1 Å². The number of nitrogens with one attached hydrogen (secondary N) is 1. The van der Waals surface area contributed by atoms with Crippen LogP contribution >= 0.6 is 0 Å². The number of hydrogen-bond acceptors (Lipinski definition) is 4. The number of ether oxygens (including phenoxy) is 1. The molecule has 15 heavy (non-hydrogen) atoms. The summed E-state index contributed by atoms with van der Waals surface area (Å²) in [5, 5.41) is 8.46. The molecule has 0 unspecified atom stereocenters. The molecule has 0 spiro atoms. The van der Waals surface area contributed by atoms with Gasteiger partial charge in [0.1, 0.15) is 0 Å². The molecule has 0 saturated heterocycles. The first-order chi connectivity index (χ1) is 7.12. The third-order valence-corrected chi connectivity index (χ3v) is 3.15. The first kappa shape index (κ1) is 14.8. The van der Waals surface area contributed by atoms with Crippen molar-refractivity contribution < 1.29 is 18.3 Å². The van der Waals surface area contributed by atoms with E-state index in [-0.39, 0.29) is 12.4 Å². The normalized spacial score (nSPS) is 11.9. The molecule has 0 aromatic rings. The van der Waals surface area contributed by atoms with Crippen LogP contribution in [0.5, 0.6) is 0 Å². The van der Waals surface area contributed by atoms with E-state index in [9.17, 15) is 8.42 Å². The van der Waals surface area contributed by atoms with Gasteiger partial charge in [0.15, 0.2) is 0 Å². The molecule has 0 aromatic carbocycles. The molecule has 0 aliphatic carbocycles. The predicted molar refractivity (Wildman–Crippen MR) is 59.2 cm³/mol. The van der Waals surface area contributed by atoms with Crippen molar-refractivity contribution in [2.24, 2.45) is 0 Å². The Morgan fingerprint density at radius 3 is 2.53 bits per heavy atom. The van der Waals surface area contributed by atoms with Crippen molar-refractivity contribution in [3.05, 3.63) is 0 Å². The lowest BCUT2D eigenvalue weighted by atomic mass is 10.4. The summed E-state index contributed by atoms with van der Waals surface area (Å²) in [7, 11) is -3.28. The Labute approximate surface area is 91.9 Å². The van der Waals surface area contributed by atoms with Crippen molar-refractivity contribution in [1.29, 1.82) is 0 Å². The lowest BCUT2D eigenvalue weighted by Crippen LogP contribution is -2.29. The van der Waals surface area contributed by atoms with Crippen LogP contribution in [0.15, 0.2) is 0 Å². The smallest absolute Gasteiger partial charge is 0.213 e. The van der Waals surface area contributed by atoms with E-state index >= 15 is 0 Å². The van der Waals surface area contributed by atoms with Crippen LogP contribution < -0.4 is 4.72 Å². The Hall–Kier alpha value is -0.170. The molecule has 0 amide bonds. The Kier molecular flexibility index (Phi) is 8.98. The van der Waals surface area contributed by atoms with Crippen molar-refractivity contribution in [2.75, 3.05) is 32.1 Å². The van der Waals surface area contributed by atoms with Gasteiger partial charge in [-0.2, -0.15) is 0 Å². The maximum atomic E-state index is 11.1. The molecule has 0 heterocycles. The van der Waals surface area contributed by atoms with Crippen molar-refractivity contribution in [3.63, 3.8) is 0 Å². The molecule has 92 valence electrons. The van der Waals surface area contributed by atoms with Crippen LogP contribution in [0.25, 0.3) is 0 Å². The van der Waals surface area contributed by atoms with Gasteiger partial charge < -0.3 is 9.84 Å². The number of sulfonamides is 1. The monoisotopic (exact) mass is 239 g/mol. The highest BCUT2D eigenvalue weighted by atomic mass is 32.2. The average molecular weight is 239 g/mol. The Morgan fingerprint density at radius 1 is 1.27 bits per heavy atom. The number of unbranched alkanes of at least 4 members (excludes halogenated alkanes) is 1. The van der Waals surface area contributed by atoms with Gasteiger partial charge in [0, 0.05) is 19.8 Å². The van der Waals surface area contributed by atoms with Crippen molar-refractivity contribution in [2.45, 2.75) is 26.2 Å². The summed E-state index contributed by atoms with van der Waals surface area (Å²) in [5.74, 6) is -0.232. The highest BCUT2D eigenvalue weighted by Gasteiger charge is 2.06. The highest BCUT2D eigenvalue weighted by Crippen LogP contribution is 1.90. The fraction of sp³-hybridized carbons (Fsp3) is 1.00. The topological polar surface area (TPSA) is 75.6 Å². The molecule has 0 aliphatic heterocycles. The van der Waals surface area contributed by atoms with Crippen LogP contribution in [0, 0.1) is 0 Å².